The molecule has 1 aromatic carbocycles. The van der Waals surface area contributed by atoms with E-state index in [0.717, 1.165) is 30.9 Å². The maximum atomic E-state index is 12.2. The number of hydrogen-bond donors (Lipinski definition) is 2. The molecule has 152 valence electrons. The van der Waals surface area contributed by atoms with E-state index in [0.29, 0.717) is 19.1 Å². The van der Waals surface area contributed by atoms with Crippen molar-refractivity contribution in [2.75, 3.05) is 25.1 Å². The zero-order chi connectivity index (χ0) is 19.9. The van der Waals surface area contributed by atoms with E-state index in [1.54, 1.807) is 0 Å². The van der Waals surface area contributed by atoms with E-state index in [1.807, 2.05) is 45.0 Å². The fourth-order valence-electron chi connectivity index (χ4n) is 2.97. The molecule has 1 fully saturated rings. The minimum Gasteiger partial charge on any atom is -0.486 e. The molecule has 2 N–H and O–H groups in total. The lowest BCUT2D eigenvalue weighted by atomic mass is 10.0. The monoisotopic (exact) mass is 378 g/mol. The standard InChI is InChI=1S/C21H34N2O4/c1-15(2)12-16(23-20(24)27-21(3,4)5)13-22-18-8-6-7-9-19(18)26-17-10-11-25-14-17/h6-9,15-17,22H,10-14H2,1-5H3,(H,23,24)/t16-,17+/m1/s1. The molecule has 0 unspecified atom stereocenters. The van der Waals surface area contributed by atoms with Crippen LogP contribution in [0, 0.1) is 5.92 Å². The van der Waals surface area contributed by atoms with Gasteiger partial charge < -0.3 is 24.8 Å². The molecule has 1 aromatic rings. The predicted molar refractivity (Wildman–Crippen MR) is 107 cm³/mol. The van der Waals surface area contributed by atoms with Gasteiger partial charge in [0.15, 0.2) is 0 Å². The first kappa shape index (κ1) is 21.4. The van der Waals surface area contributed by atoms with Crippen LogP contribution in [0.4, 0.5) is 10.5 Å². The van der Waals surface area contributed by atoms with Gasteiger partial charge in [0, 0.05) is 19.0 Å². The molecule has 1 saturated heterocycles. The Hall–Kier alpha value is -1.95. The van der Waals surface area contributed by atoms with Crippen LogP contribution in [0.25, 0.3) is 0 Å². The summed E-state index contributed by atoms with van der Waals surface area (Å²) in [4.78, 5) is 12.2. The Balaban J connectivity index is 1.96. The molecule has 0 aliphatic carbocycles. The maximum absolute atomic E-state index is 12.2. The highest BCUT2D eigenvalue weighted by molar-refractivity contribution is 5.68. The third-order valence-electron chi connectivity index (χ3n) is 4.08. The Morgan fingerprint density at radius 2 is 2.04 bits per heavy atom. The van der Waals surface area contributed by atoms with Gasteiger partial charge in [0.1, 0.15) is 17.5 Å². The number of carbonyl (C=O) groups excluding carboxylic acids is 1. The molecule has 1 aliphatic rings. The maximum Gasteiger partial charge on any atom is 0.407 e. The van der Waals surface area contributed by atoms with E-state index in [9.17, 15) is 4.79 Å². The first-order chi connectivity index (χ1) is 12.7. The number of anilines is 1. The van der Waals surface area contributed by atoms with Gasteiger partial charge in [0.2, 0.25) is 0 Å². The Morgan fingerprint density at radius 1 is 1.30 bits per heavy atom. The van der Waals surface area contributed by atoms with E-state index >= 15 is 0 Å². The van der Waals surface area contributed by atoms with Crippen LogP contribution in [0.1, 0.15) is 47.5 Å². The minimum atomic E-state index is -0.510. The second-order valence-electron chi connectivity index (χ2n) is 8.45. The average molecular weight is 379 g/mol. The number of carbonyl (C=O) groups is 1. The van der Waals surface area contributed by atoms with Gasteiger partial charge >= 0.3 is 6.09 Å². The normalized spacial score (nSPS) is 18.2. The number of benzene rings is 1. The van der Waals surface area contributed by atoms with Gasteiger partial charge in [-0.1, -0.05) is 26.0 Å². The predicted octanol–water partition coefficient (Wildman–Crippen LogP) is 4.21. The van der Waals surface area contributed by atoms with Crippen LogP contribution in [0.5, 0.6) is 5.75 Å². The van der Waals surface area contributed by atoms with Gasteiger partial charge in [-0.3, -0.25) is 0 Å². The van der Waals surface area contributed by atoms with Crippen molar-refractivity contribution in [3.63, 3.8) is 0 Å². The molecule has 0 spiro atoms. The summed E-state index contributed by atoms with van der Waals surface area (Å²) in [5.41, 5.74) is 0.410. The van der Waals surface area contributed by atoms with E-state index in [4.69, 9.17) is 14.2 Å². The topological polar surface area (TPSA) is 68.8 Å². The van der Waals surface area contributed by atoms with Crippen LogP contribution in [-0.4, -0.2) is 43.6 Å². The molecule has 1 amide bonds. The van der Waals surface area contributed by atoms with Crippen LogP contribution in [0.2, 0.25) is 0 Å². The number of amides is 1. The summed E-state index contributed by atoms with van der Waals surface area (Å²) in [5.74, 6) is 1.27. The zero-order valence-corrected chi connectivity index (χ0v) is 17.2. The first-order valence-corrected chi connectivity index (χ1v) is 9.80. The zero-order valence-electron chi connectivity index (χ0n) is 17.2. The summed E-state index contributed by atoms with van der Waals surface area (Å²) >= 11 is 0. The summed E-state index contributed by atoms with van der Waals surface area (Å²) in [5, 5.41) is 6.41. The van der Waals surface area contributed by atoms with Crippen molar-refractivity contribution in [3.05, 3.63) is 24.3 Å². The average Bonchev–Trinajstić information content (AvgIpc) is 3.04. The molecule has 2 rings (SSSR count). The van der Waals surface area contributed by atoms with Crippen LogP contribution in [0.15, 0.2) is 24.3 Å². The van der Waals surface area contributed by atoms with Crippen molar-refractivity contribution in [2.24, 2.45) is 5.92 Å². The number of rotatable bonds is 8. The summed E-state index contributed by atoms with van der Waals surface area (Å²) in [6, 6.07) is 7.84. The fourth-order valence-corrected chi connectivity index (χ4v) is 2.97. The lowest BCUT2D eigenvalue weighted by Crippen LogP contribution is -2.43. The Labute approximate surface area is 163 Å². The lowest BCUT2D eigenvalue weighted by molar-refractivity contribution is 0.0502. The molecule has 2 atom stereocenters. The number of para-hydroxylation sites is 2. The number of ether oxygens (including phenoxy) is 3. The van der Waals surface area contributed by atoms with Crippen molar-refractivity contribution in [2.45, 2.75) is 65.2 Å². The fraction of sp³-hybridized carbons (Fsp3) is 0.667. The van der Waals surface area contributed by atoms with Crippen LogP contribution in [0.3, 0.4) is 0 Å². The van der Waals surface area contributed by atoms with Gasteiger partial charge in [-0.2, -0.15) is 0 Å². The van der Waals surface area contributed by atoms with Crippen molar-refractivity contribution >= 4 is 11.8 Å². The van der Waals surface area contributed by atoms with Crippen LogP contribution in [-0.2, 0) is 9.47 Å². The highest BCUT2D eigenvalue weighted by Crippen LogP contribution is 2.26. The van der Waals surface area contributed by atoms with Crippen molar-refractivity contribution < 1.29 is 19.0 Å². The Bertz CT molecular complexity index is 592. The highest BCUT2D eigenvalue weighted by atomic mass is 16.6. The summed E-state index contributed by atoms with van der Waals surface area (Å²) in [6.07, 6.45) is 1.47. The number of alkyl carbamates (subject to hydrolysis) is 1. The first-order valence-electron chi connectivity index (χ1n) is 9.80. The van der Waals surface area contributed by atoms with Crippen molar-refractivity contribution in [3.8, 4) is 5.75 Å². The van der Waals surface area contributed by atoms with E-state index in [1.165, 1.54) is 0 Å². The van der Waals surface area contributed by atoms with Crippen LogP contribution < -0.4 is 15.4 Å². The molecule has 6 nitrogen and oxygen atoms in total. The van der Waals surface area contributed by atoms with Gasteiger partial charge in [-0.05, 0) is 45.2 Å². The van der Waals surface area contributed by atoms with E-state index < -0.39 is 5.60 Å². The van der Waals surface area contributed by atoms with E-state index in [2.05, 4.69) is 24.5 Å². The Kier molecular flexibility index (Phi) is 7.78. The third kappa shape index (κ3) is 8.08. The Morgan fingerprint density at radius 3 is 2.67 bits per heavy atom. The minimum absolute atomic E-state index is 0.0391. The van der Waals surface area contributed by atoms with Crippen molar-refractivity contribution in [1.29, 1.82) is 0 Å². The molecule has 27 heavy (non-hydrogen) atoms. The summed E-state index contributed by atoms with van der Waals surface area (Å²) < 4.78 is 16.9. The van der Waals surface area contributed by atoms with Crippen LogP contribution >= 0.6 is 0 Å². The summed E-state index contributed by atoms with van der Waals surface area (Å²) in [6.45, 7) is 11.8. The molecule has 6 heteroatoms. The van der Waals surface area contributed by atoms with Gasteiger partial charge in [0.25, 0.3) is 0 Å². The number of hydrogen-bond acceptors (Lipinski definition) is 5. The quantitative estimate of drug-likeness (QED) is 0.709. The van der Waals surface area contributed by atoms with Gasteiger partial charge in [-0.15, -0.1) is 0 Å². The molecular formula is C21H34N2O4. The van der Waals surface area contributed by atoms with Gasteiger partial charge in [0.05, 0.1) is 18.9 Å². The highest BCUT2D eigenvalue weighted by Gasteiger charge is 2.21. The largest absolute Gasteiger partial charge is 0.486 e. The second-order valence-corrected chi connectivity index (χ2v) is 8.45. The molecule has 0 bridgehead atoms. The molecular weight excluding hydrogens is 344 g/mol. The SMILES string of the molecule is CC(C)C[C@H](CNc1ccccc1O[C@H]1CCOC1)NC(=O)OC(C)(C)C. The molecule has 1 aliphatic heterocycles. The van der Waals surface area contributed by atoms with E-state index in [-0.39, 0.29) is 18.2 Å². The molecule has 0 radical (unpaired) electrons. The number of nitrogens with one attached hydrogen (secondary N) is 2. The third-order valence-corrected chi connectivity index (χ3v) is 4.08. The molecule has 1 heterocycles. The second kappa shape index (κ2) is 9.83. The summed E-state index contributed by atoms with van der Waals surface area (Å²) in [7, 11) is 0. The molecule has 0 saturated carbocycles. The lowest BCUT2D eigenvalue weighted by Gasteiger charge is -2.25. The van der Waals surface area contributed by atoms with Gasteiger partial charge in [-0.25, -0.2) is 4.79 Å². The smallest absolute Gasteiger partial charge is 0.407 e. The molecule has 0 aromatic heterocycles. The van der Waals surface area contributed by atoms with Crippen molar-refractivity contribution in [1.82, 2.24) is 5.32 Å².